The third-order valence-corrected chi connectivity index (χ3v) is 5.33. The summed E-state index contributed by atoms with van der Waals surface area (Å²) in [6, 6.07) is 18.3. The summed E-state index contributed by atoms with van der Waals surface area (Å²) < 4.78 is 2.36. The monoisotopic (exact) mass is 337 g/mol. The fourth-order valence-electron chi connectivity index (χ4n) is 3.45. The highest BCUT2D eigenvalue weighted by molar-refractivity contribution is 7.98. The number of hydrogen-bond acceptors (Lipinski definition) is 2. The van der Waals surface area contributed by atoms with E-state index in [2.05, 4.69) is 42.9 Å². The molecule has 2 aromatic carbocycles. The van der Waals surface area contributed by atoms with E-state index in [-0.39, 0.29) is 5.78 Å². The second-order valence-electron chi connectivity index (χ2n) is 6.06. The molecule has 1 unspecified atom stereocenters. The summed E-state index contributed by atoms with van der Waals surface area (Å²) in [6.07, 6.45) is 3.19. The van der Waals surface area contributed by atoms with Crippen LogP contribution in [-0.4, -0.2) is 22.4 Å². The van der Waals surface area contributed by atoms with E-state index in [1.807, 2.05) is 48.2 Å². The topological polar surface area (TPSA) is 22.0 Å². The number of nitrogens with zero attached hydrogens (tertiary/aromatic N) is 1. The maximum atomic E-state index is 13.1. The molecule has 1 atom stereocenters. The summed E-state index contributed by atoms with van der Waals surface area (Å²) in [5.41, 5.74) is 3.83. The Kier molecular flexibility index (Phi) is 5.10. The number of hydrogen-bond donors (Lipinski definition) is 0. The molecule has 0 aliphatic heterocycles. The Balaban J connectivity index is 2.22. The molecule has 0 saturated carbocycles. The van der Waals surface area contributed by atoms with Gasteiger partial charge < -0.3 is 4.57 Å². The Labute approximate surface area is 147 Å². The summed E-state index contributed by atoms with van der Waals surface area (Å²) in [4.78, 5) is 13.1. The second kappa shape index (κ2) is 7.27. The molecule has 0 fully saturated rings. The summed E-state index contributed by atoms with van der Waals surface area (Å²) in [5.74, 6) is 1.16. The molecule has 3 rings (SSSR count). The number of fused-ring (bicyclic) bond motifs is 1. The molecule has 0 N–H and O–H groups in total. The maximum absolute atomic E-state index is 13.1. The van der Waals surface area contributed by atoms with Crippen LogP contribution in [0.3, 0.4) is 0 Å². The summed E-state index contributed by atoms with van der Waals surface area (Å²) in [7, 11) is 0. The van der Waals surface area contributed by atoms with Crippen LogP contribution in [0.1, 0.15) is 41.0 Å². The van der Waals surface area contributed by atoms with Gasteiger partial charge in [-0.25, -0.2) is 0 Å². The number of carbonyl (C=O) groups is 1. The van der Waals surface area contributed by atoms with Crippen molar-refractivity contribution in [2.75, 3.05) is 12.0 Å². The summed E-state index contributed by atoms with van der Waals surface area (Å²) in [5, 5.41) is 1.06. The Hall–Kier alpha value is -2.00. The van der Waals surface area contributed by atoms with E-state index in [9.17, 15) is 4.79 Å². The average molecular weight is 337 g/mol. The molecule has 0 aliphatic rings. The molecule has 3 aromatic rings. The van der Waals surface area contributed by atoms with E-state index in [1.54, 1.807) is 0 Å². The van der Waals surface area contributed by atoms with E-state index in [0.717, 1.165) is 39.9 Å². The molecule has 0 aliphatic carbocycles. The van der Waals surface area contributed by atoms with Crippen molar-refractivity contribution >= 4 is 28.4 Å². The fraction of sp³-hybridized carbons (Fsp3) is 0.286. The molecule has 1 heterocycles. The molecular formula is C21H23NOS. The van der Waals surface area contributed by atoms with Crippen molar-refractivity contribution in [2.24, 2.45) is 0 Å². The van der Waals surface area contributed by atoms with Gasteiger partial charge in [0.25, 0.3) is 0 Å². The number of rotatable bonds is 6. The minimum atomic E-state index is 0.113. The summed E-state index contributed by atoms with van der Waals surface area (Å²) >= 11 is 1.85. The van der Waals surface area contributed by atoms with E-state index in [4.69, 9.17) is 0 Å². The maximum Gasteiger partial charge on any atom is 0.195 e. The molecule has 1 aromatic heterocycles. The van der Waals surface area contributed by atoms with Crippen molar-refractivity contribution in [2.45, 2.75) is 26.3 Å². The van der Waals surface area contributed by atoms with Gasteiger partial charge in [-0.1, -0.05) is 55.5 Å². The van der Waals surface area contributed by atoms with Gasteiger partial charge in [-0.2, -0.15) is 11.8 Å². The van der Waals surface area contributed by atoms with Crippen LogP contribution in [0, 0.1) is 6.92 Å². The molecule has 0 saturated heterocycles. The Morgan fingerprint density at radius 1 is 1.08 bits per heavy atom. The van der Waals surface area contributed by atoms with E-state index in [0.29, 0.717) is 6.04 Å². The van der Waals surface area contributed by atoms with Crippen molar-refractivity contribution in [3.63, 3.8) is 0 Å². The van der Waals surface area contributed by atoms with Gasteiger partial charge in [0.05, 0.1) is 5.56 Å². The van der Waals surface area contributed by atoms with Gasteiger partial charge in [0, 0.05) is 34.0 Å². The van der Waals surface area contributed by atoms with Crippen molar-refractivity contribution < 1.29 is 4.79 Å². The van der Waals surface area contributed by atoms with E-state index >= 15 is 0 Å². The number of thioether (sulfide) groups is 1. The fourth-order valence-corrected chi connectivity index (χ4v) is 4.22. The van der Waals surface area contributed by atoms with Crippen LogP contribution >= 0.6 is 11.8 Å². The third kappa shape index (κ3) is 2.89. The van der Waals surface area contributed by atoms with Crippen LogP contribution in [0.15, 0.2) is 54.6 Å². The predicted molar refractivity (Wildman–Crippen MR) is 104 cm³/mol. The molecule has 24 heavy (non-hydrogen) atoms. The molecule has 0 radical (unpaired) electrons. The quantitative estimate of drug-likeness (QED) is 0.554. The number of aromatic nitrogens is 1. The number of carbonyl (C=O) groups excluding carboxylic acids is 1. The Morgan fingerprint density at radius 2 is 1.75 bits per heavy atom. The van der Waals surface area contributed by atoms with Crippen molar-refractivity contribution in [3.05, 3.63) is 71.4 Å². The first-order valence-corrected chi connectivity index (χ1v) is 9.76. The second-order valence-corrected chi connectivity index (χ2v) is 6.97. The van der Waals surface area contributed by atoms with Crippen LogP contribution < -0.4 is 0 Å². The zero-order chi connectivity index (χ0) is 17.1. The van der Waals surface area contributed by atoms with Crippen LogP contribution in [0.2, 0.25) is 0 Å². The van der Waals surface area contributed by atoms with Crippen molar-refractivity contribution in [1.82, 2.24) is 4.57 Å². The van der Waals surface area contributed by atoms with Crippen molar-refractivity contribution in [1.29, 1.82) is 0 Å². The minimum Gasteiger partial charge on any atom is -0.340 e. The normalized spacial score (nSPS) is 12.5. The van der Waals surface area contributed by atoms with Gasteiger partial charge >= 0.3 is 0 Å². The Morgan fingerprint density at radius 3 is 2.42 bits per heavy atom. The van der Waals surface area contributed by atoms with Gasteiger partial charge in [0.1, 0.15) is 0 Å². The lowest BCUT2D eigenvalue weighted by Gasteiger charge is -2.19. The van der Waals surface area contributed by atoms with Gasteiger partial charge in [-0.3, -0.25) is 4.79 Å². The zero-order valence-electron chi connectivity index (χ0n) is 14.5. The SMILES string of the molecule is CCC(CSC)n1c(C)c(C(=O)c2ccccc2)c2ccccc21. The standard InChI is InChI=1S/C21H23NOS/c1-4-17(14-24-3)22-15(2)20(18-12-8-9-13-19(18)22)21(23)16-10-6-5-7-11-16/h5-13,17H,4,14H2,1-3H3. The lowest BCUT2D eigenvalue weighted by Crippen LogP contribution is -2.13. The van der Waals surface area contributed by atoms with Crippen LogP contribution in [0.5, 0.6) is 0 Å². The highest BCUT2D eigenvalue weighted by Crippen LogP contribution is 2.32. The number of para-hydroxylation sites is 1. The zero-order valence-corrected chi connectivity index (χ0v) is 15.3. The highest BCUT2D eigenvalue weighted by atomic mass is 32.2. The van der Waals surface area contributed by atoms with Gasteiger partial charge in [-0.15, -0.1) is 0 Å². The minimum absolute atomic E-state index is 0.113. The molecule has 0 bridgehead atoms. The largest absolute Gasteiger partial charge is 0.340 e. The lowest BCUT2D eigenvalue weighted by molar-refractivity contribution is 0.103. The van der Waals surface area contributed by atoms with Crippen molar-refractivity contribution in [3.8, 4) is 0 Å². The number of benzene rings is 2. The van der Waals surface area contributed by atoms with Crippen LogP contribution in [-0.2, 0) is 0 Å². The summed E-state index contributed by atoms with van der Waals surface area (Å²) in [6.45, 7) is 4.30. The Bertz CT molecular complexity index is 851. The van der Waals surface area contributed by atoms with E-state index in [1.165, 1.54) is 0 Å². The number of ketones is 1. The molecule has 2 nitrogen and oxygen atoms in total. The van der Waals surface area contributed by atoms with Gasteiger partial charge in [0.15, 0.2) is 5.78 Å². The smallest absolute Gasteiger partial charge is 0.195 e. The molecule has 3 heteroatoms. The molecular weight excluding hydrogens is 314 g/mol. The van der Waals surface area contributed by atoms with Crippen LogP contribution in [0.4, 0.5) is 0 Å². The van der Waals surface area contributed by atoms with Gasteiger partial charge in [-0.05, 0) is 25.7 Å². The highest BCUT2D eigenvalue weighted by Gasteiger charge is 2.23. The molecule has 0 spiro atoms. The first-order chi connectivity index (χ1) is 11.7. The molecule has 0 amide bonds. The predicted octanol–water partition coefficient (Wildman–Crippen LogP) is 5.49. The van der Waals surface area contributed by atoms with E-state index < -0.39 is 0 Å². The third-order valence-electron chi connectivity index (χ3n) is 4.61. The molecule has 124 valence electrons. The average Bonchev–Trinajstić information content (AvgIpc) is 2.92. The first-order valence-electron chi connectivity index (χ1n) is 8.37. The first kappa shape index (κ1) is 16.8. The van der Waals surface area contributed by atoms with Crippen LogP contribution in [0.25, 0.3) is 10.9 Å². The lowest BCUT2D eigenvalue weighted by atomic mass is 10.0. The van der Waals surface area contributed by atoms with Gasteiger partial charge in [0.2, 0.25) is 0 Å².